The van der Waals surface area contributed by atoms with E-state index in [1.807, 2.05) is 57.2 Å². The summed E-state index contributed by atoms with van der Waals surface area (Å²) < 4.78 is 41.7. The van der Waals surface area contributed by atoms with Crippen LogP contribution < -0.4 is 9.64 Å². The predicted molar refractivity (Wildman–Crippen MR) is 195 cm³/mol. The molecular weight excluding hydrogens is 654 g/mol. The molecule has 284 valence electrons. The largest absolute Gasteiger partial charge is 0.490 e. The van der Waals surface area contributed by atoms with Crippen LogP contribution in [0.2, 0.25) is 0 Å². The second kappa shape index (κ2) is 18.9. The van der Waals surface area contributed by atoms with Crippen LogP contribution in [0, 0.1) is 5.92 Å². The number of fused-ring (bicyclic) bond motifs is 1. The molecule has 51 heavy (non-hydrogen) atoms. The van der Waals surface area contributed by atoms with Crippen molar-refractivity contribution in [1.82, 2.24) is 9.80 Å². The van der Waals surface area contributed by atoms with E-state index in [2.05, 4.69) is 17.9 Å². The van der Waals surface area contributed by atoms with E-state index in [0.717, 1.165) is 47.6 Å². The zero-order valence-corrected chi connectivity index (χ0v) is 31.9. The average molecular weight is 714 g/mol. The number of nitrogens with zero attached hydrogens (tertiary/aromatic N) is 3. The Morgan fingerprint density at radius 1 is 1.00 bits per heavy atom. The van der Waals surface area contributed by atoms with Gasteiger partial charge in [0.2, 0.25) is 5.91 Å². The Balaban J connectivity index is 1.63. The molecule has 2 aromatic rings. The summed E-state index contributed by atoms with van der Waals surface area (Å²) >= 11 is 0. The Bertz CT molecular complexity index is 1400. The van der Waals surface area contributed by atoms with Crippen LogP contribution in [0.15, 0.2) is 42.5 Å². The summed E-state index contributed by atoms with van der Waals surface area (Å²) in [7, 11) is 6.82. The SMILES string of the molecule is COCCCN1CCOc2ccc(CO[C@H]3CN(C(=O)OC(C)(C)C)CC[C@]3(OCC(=O)N(C)C)c3ccc(COCC(C)COC)cc3)cc21. The van der Waals surface area contributed by atoms with Crippen molar-refractivity contribution in [3.8, 4) is 5.75 Å². The summed E-state index contributed by atoms with van der Waals surface area (Å²) in [5, 5.41) is 0. The number of rotatable bonds is 17. The first-order valence-corrected chi connectivity index (χ1v) is 17.9. The standard InChI is InChI=1S/C39H59N3O9/c1-29(24-46-8)25-47-26-30-10-13-32(14-11-30)39(50-28-36(43)40(5)6)16-18-42(37(44)51-38(2,3)4)23-35(39)49-27-31-12-15-34-33(22-31)41(19-21-48-34)17-9-20-45-7/h10-15,22,29,35H,9,16-21,23-28H2,1-8H3/t29?,35-,39-/m0/s1. The van der Waals surface area contributed by atoms with Crippen LogP contribution in [0.5, 0.6) is 5.75 Å². The number of piperidine rings is 1. The third kappa shape index (κ3) is 11.5. The smallest absolute Gasteiger partial charge is 0.410 e. The maximum atomic E-state index is 13.4. The van der Waals surface area contributed by atoms with Crippen molar-refractivity contribution in [1.29, 1.82) is 0 Å². The van der Waals surface area contributed by atoms with Gasteiger partial charge in [-0.15, -0.1) is 0 Å². The quantitative estimate of drug-likeness (QED) is 0.202. The normalized spacial score (nSPS) is 19.6. The highest BCUT2D eigenvalue weighted by Gasteiger charge is 2.48. The zero-order valence-electron chi connectivity index (χ0n) is 31.9. The van der Waals surface area contributed by atoms with Gasteiger partial charge in [-0.3, -0.25) is 4.79 Å². The summed E-state index contributed by atoms with van der Waals surface area (Å²) in [4.78, 5) is 31.8. The number of hydrogen-bond acceptors (Lipinski definition) is 10. The molecule has 0 aliphatic carbocycles. The Morgan fingerprint density at radius 2 is 1.75 bits per heavy atom. The number of anilines is 1. The minimum atomic E-state index is -1.03. The number of likely N-dealkylation sites (N-methyl/N-ethyl adjacent to an activating group) is 1. The first-order valence-electron chi connectivity index (χ1n) is 17.9. The summed E-state index contributed by atoms with van der Waals surface area (Å²) in [6.45, 7) is 13.0. The molecule has 2 aliphatic heterocycles. The minimum absolute atomic E-state index is 0.145. The van der Waals surface area contributed by atoms with Crippen molar-refractivity contribution in [3.05, 3.63) is 59.2 Å². The summed E-state index contributed by atoms with van der Waals surface area (Å²) in [5.41, 5.74) is 2.17. The molecule has 1 unspecified atom stereocenters. The molecule has 0 bridgehead atoms. The molecule has 3 atom stereocenters. The maximum Gasteiger partial charge on any atom is 0.410 e. The van der Waals surface area contributed by atoms with Crippen LogP contribution in [-0.4, -0.2) is 121 Å². The third-order valence-electron chi connectivity index (χ3n) is 9.04. The van der Waals surface area contributed by atoms with Gasteiger partial charge in [0.25, 0.3) is 0 Å². The number of likely N-dealkylation sites (tertiary alicyclic amines) is 1. The molecule has 0 radical (unpaired) electrons. The first-order chi connectivity index (χ1) is 24.3. The molecule has 4 rings (SSSR count). The fraction of sp³-hybridized carbons (Fsp3) is 0.641. The van der Waals surface area contributed by atoms with Crippen LogP contribution in [0.25, 0.3) is 0 Å². The fourth-order valence-electron chi connectivity index (χ4n) is 6.31. The number of methoxy groups -OCH3 is 2. The Morgan fingerprint density at radius 3 is 2.43 bits per heavy atom. The highest BCUT2D eigenvalue weighted by molar-refractivity contribution is 5.76. The van der Waals surface area contributed by atoms with Gasteiger partial charge in [0.05, 0.1) is 45.2 Å². The van der Waals surface area contributed by atoms with Gasteiger partial charge in [-0.05, 0) is 56.0 Å². The van der Waals surface area contributed by atoms with Gasteiger partial charge in [-0.2, -0.15) is 0 Å². The lowest BCUT2D eigenvalue weighted by molar-refractivity contribution is -0.190. The van der Waals surface area contributed by atoms with Gasteiger partial charge in [0.1, 0.15) is 36.3 Å². The highest BCUT2D eigenvalue weighted by atomic mass is 16.6. The molecule has 0 spiro atoms. The van der Waals surface area contributed by atoms with E-state index in [1.165, 1.54) is 4.90 Å². The first kappa shape index (κ1) is 40.4. The van der Waals surface area contributed by atoms with Gasteiger partial charge in [0.15, 0.2) is 0 Å². The average Bonchev–Trinajstić information content (AvgIpc) is 3.09. The van der Waals surface area contributed by atoms with Crippen LogP contribution >= 0.6 is 0 Å². The number of benzene rings is 2. The molecule has 0 saturated carbocycles. The molecule has 1 saturated heterocycles. The number of hydrogen-bond donors (Lipinski definition) is 0. The Hall–Kier alpha value is -3.42. The van der Waals surface area contributed by atoms with Crippen LogP contribution in [0.4, 0.5) is 10.5 Å². The monoisotopic (exact) mass is 713 g/mol. The molecule has 12 heteroatoms. The minimum Gasteiger partial charge on any atom is -0.490 e. The second-order valence-electron chi connectivity index (χ2n) is 14.7. The summed E-state index contributed by atoms with van der Waals surface area (Å²) in [6, 6.07) is 14.2. The molecule has 0 aromatic heterocycles. The Kier molecular flexibility index (Phi) is 14.9. The van der Waals surface area contributed by atoms with Crippen molar-refractivity contribution in [2.24, 2.45) is 5.92 Å². The van der Waals surface area contributed by atoms with Gasteiger partial charge < -0.3 is 47.9 Å². The van der Waals surface area contributed by atoms with E-state index < -0.39 is 23.4 Å². The number of carbonyl (C=O) groups excluding carboxylic acids is 2. The van der Waals surface area contributed by atoms with E-state index in [4.69, 9.17) is 33.2 Å². The molecule has 12 nitrogen and oxygen atoms in total. The van der Waals surface area contributed by atoms with E-state index in [0.29, 0.717) is 46.0 Å². The van der Waals surface area contributed by atoms with Crippen molar-refractivity contribution in [2.45, 2.75) is 71.1 Å². The highest BCUT2D eigenvalue weighted by Crippen LogP contribution is 2.41. The van der Waals surface area contributed by atoms with Crippen molar-refractivity contribution >= 4 is 17.7 Å². The van der Waals surface area contributed by atoms with E-state index in [1.54, 1.807) is 33.2 Å². The molecule has 1 fully saturated rings. The molecule has 2 heterocycles. The lowest BCUT2D eigenvalue weighted by atomic mass is 9.81. The summed E-state index contributed by atoms with van der Waals surface area (Å²) in [5.74, 6) is 0.962. The molecule has 2 aromatic carbocycles. The number of carbonyl (C=O) groups is 2. The third-order valence-corrected chi connectivity index (χ3v) is 9.04. The van der Waals surface area contributed by atoms with Crippen molar-refractivity contribution in [3.63, 3.8) is 0 Å². The molecule has 0 N–H and O–H groups in total. The van der Waals surface area contributed by atoms with Crippen LogP contribution in [0.1, 0.15) is 57.2 Å². The van der Waals surface area contributed by atoms with Crippen molar-refractivity contribution < 1.29 is 42.7 Å². The molecule has 2 amide bonds. The van der Waals surface area contributed by atoms with Crippen LogP contribution in [0.3, 0.4) is 0 Å². The van der Waals surface area contributed by atoms with Gasteiger partial charge in [-0.25, -0.2) is 4.79 Å². The van der Waals surface area contributed by atoms with Gasteiger partial charge in [0, 0.05) is 60.4 Å². The summed E-state index contributed by atoms with van der Waals surface area (Å²) in [6.07, 6.45) is 0.258. The number of amides is 2. The zero-order chi connectivity index (χ0) is 37.0. The second-order valence-corrected chi connectivity index (χ2v) is 14.7. The van der Waals surface area contributed by atoms with E-state index in [9.17, 15) is 9.59 Å². The lowest BCUT2D eigenvalue weighted by Gasteiger charge is -2.47. The topological polar surface area (TPSA) is 108 Å². The van der Waals surface area contributed by atoms with Gasteiger partial charge >= 0.3 is 6.09 Å². The van der Waals surface area contributed by atoms with Gasteiger partial charge in [-0.1, -0.05) is 37.3 Å². The molecular formula is C39H59N3O9. The predicted octanol–water partition coefficient (Wildman–Crippen LogP) is 5.25. The Labute approximate surface area is 304 Å². The van der Waals surface area contributed by atoms with Crippen LogP contribution in [-0.2, 0) is 52.0 Å². The maximum absolute atomic E-state index is 13.4. The van der Waals surface area contributed by atoms with E-state index in [-0.39, 0.29) is 31.6 Å². The fourth-order valence-corrected chi connectivity index (χ4v) is 6.31. The number of ether oxygens (including phenoxy) is 7. The lowest BCUT2D eigenvalue weighted by Crippen LogP contribution is -2.58. The van der Waals surface area contributed by atoms with Crippen molar-refractivity contribution in [2.75, 3.05) is 92.4 Å². The van der Waals surface area contributed by atoms with E-state index >= 15 is 0 Å². The molecule has 2 aliphatic rings.